The quantitative estimate of drug-likeness (QED) is 0.417. The lowest BCUT2D eigenvalue weighted by Gasteiger charge is -2.10. The molecular formula is C27H28N2O6. The molecule has 0 saturated carbocycles. The number of nitrogens with one attached hydrogen (secondary N) is 2. The van der Waals surface area contributed by atoms with Gasteiger partial charge in [0.25, 0.3) is 11.8 Å². The molecule has 2 N–H and O–H groups in total. The Morgan fingerprint density at radius 3 is 2.00 bits per heavy atom. The number of ether oxygens (including phenoxy) is 3. The monoisotopic (exact) mass is 476 g/mol. The molecule has 8 nitrogen and oxygen atoms in total. The van der Waals surface area contributed by atoms with Crippen LogP contribution in [0.4, 0.5) is 11.4 Å². The van der Waals surface area contributed by atoms with Gasteiger partial charge in [-0.25, -0.2) is 4.79 Å². The molecule has 3 rings (SSSR count). The highest BCUT2D eigenvalue weighted by Crippen LogP contribution is 2.18. The summed E-state index contributed by atoms with van der Waals surface area (Å²) in [6.45, 7) is 5.66. The van der Waals surface area contributed by atoms with E-state index in [1.807, 2.05) is 32.9 Å². The van der Waals surface area contributed by atoms with E-state index in [4.69, 9.17) is 14.2 Å². The first-order valence-electron chi connectivity index (χ1n) is 11.1. The fourth-order valence-electron chi connectivity index (χ4n) is 3.04. The van der Waals surface area contributed by atoms with E-state index in [0.29, 0.717) is 29.3 Å². The molecule has 0 aliphatic rings. The van der Waals surface area contributed by atoms with Crippen molar-refractivity contribution in [2.45, 2.75) is 20.8 Å². The molecule has 0 bridgehead atoms. The van der Waals surface area contributed by atoms with Gasteiger partial charge in [0.2, 0.25) is 0 Å². The van der Waals surface area contributed by atoms with Gasteiger partial charge in [0, 0.05) is 16.9 Å². The molecule has 2 amide bonds. The molecule has 3 aromatic rings. The Morgan fingerprint density at radius 1 is 0.714 bits per heavy atom. The number of hydrogen-bond donors (Lipinski definition) is 2. The Kier molecular flexibility index (Phi) is 8.83. The summed E-state index contributed by atoms with van der Waals surface area (Å²) < 4.78 is 15.7. The Hall–Kier alpha value is -4.33. The van der Waals surface area contributed by atoms with Gasteiger partial charge >= 0.3 is 5.97 Å². The lowest BCUT2D eigenvalue weighted by molar-refractivity contribution is -0.149. The van der Waals surface area contributed by atoms with Crippen molar-refractivity contribution < 1.29 is 28.6 Å². The standard InChI is InChI=1S/C27H28N2O6/c1-4-33-23-13-10-22(11-14-23)29-27(32)20-6-8-21(9-7-20)28-25(30)16-35-26(31)17-34-24-12-5-18(2)19(3)15-24/h5-15H,4,16-17H2,1-3H3,(H,28,30)(H,29,32). The number of amides is 2. The maximum atomic E-state index is 12.4. The number of hydrogen-bond acceptors (Lipinski definition) is 6. The van der Waals surface area contributed by atoms with E-state index in [1.165, 1.54) is 0 Å². The third-order valence-electron chi connectivity index (χ3n) is 5.05. The van der Waals surface area contributed by atoms with Crippen LogP contribution in [0.2, 0.25) is 0 Å². The van der Waals surface area contributed by atoms with Gasteiger partial charge in [-0.3, -0.25) is 9.59 Å². The van der Waals surface area contributed by atoms with Crippen molar-refractivity contribution in [1.82, 2.24) is 0 Å². The van der Waals surface area contributed by atoms with E-state index < -0.39 is 18.5 Å². The van der Waals surface area contributed by atoms with Crippen LogP contribution in [-0.4, -0.2) is 37.6 Å². The summed E-state index contributed by atoms with van der Waals surface area (Å²) in [6.07, 6.45) is 0. The predicted octanol–water partition coefficient (Wildman–Crippen LogP) is 4.52. The van der Waals surface area contributed by atoms with Gasteiger partial charge in [0.05, 0.1) is 6.61 Å². The SMILES string of the molecule is CCOc1ccc(NC(=O)c2ccc(NC(=O)COC(=O)COc3ccc(C)c(C)c3)cc2)cc1. The summed E-state index contributed by atoms with van der Waals surface area (Å²) in [6, 6.07) is 18.9. The first-order valence-corrected chi connectivity index (χ1v) is 11.1. The molecule has 0 atom stereocenters. The smallest absolute Gasteiger partial charge is 0.344 e. The summed E-state index contributed by atoms with van der Waals surface area (Å²) >= 11 is 0. The third kappa shape index (κ3) is 7.89. The van der Waals surface area contributed by atoms with Gasteiger partial charge in [-0.05, 0) is 92.6 Å². The number of anilines is 2. The van der Waals surface area contributed by atoms with Crippen LogP contribution in [0.5, 0.6) is 11.5 Å². The van der Waals surface area contributed by atoms with Crippen LogP contribution in [0.3, 0.4) is 0 Å². The summed E-state index contributed by atoms with van der Waals surface area (Å²) in [5.74, 6) is -0.160. The normalized spacial score (nSPS) is 10.3. The van der Waals surface area contributed by atoms with E-state index in [1.54, 1.807) is 54.6 Å². The number of benzene rings is 3. The summed E-state index contributed by atoms with van der Waals surface area (Å²) in [7, 11) is 0. The van der Waals surface area contributed by atoms with E-state index in [0.717, 1.165) is 16.9 Å². The van der Waals surface area contributed by atoms with Crippen LogP contribution in [0, 0.1) is 13.8 Å². The topological polar surface area (TPSA) is 103 Å². The van der Waals surface area contributed by atoms with Crippen LogP contribution < -0.4 is 20.1 Å². The van der Waals surface area contributed by atoms with Crippen molar-refractivity contribution >= 4 is 29.2 Å². The number of esters is 1. The highest BCUT2D eigenvalue weighted by molar-refractivity contribution is 6.04. The van der Waals surface area contributed by atoms with Gasteiger partial charge in [-0.1, -0.05) is 6.07 Å². The van der Waals surface area contributed by atoms with Gasteiger partial charge in [-0.2, -0.15) is 0 Å². The molecule has 0 aliphatic carbocycles. The molecule has 8 heteroatoms. The largest absolute Gasteiger partial charge is 0.494 e. The van der Waals surface area contributed by atoms with Crippen molar-refractivity contribution in [2.24, 2.45) is 0 Å². The molecule has 0 spiro atoms. The Morgan fingerprint density at radius 2 is 1.34 bits per heavy atom. The molecule has 0 unspecified atom stereocenters. The second-order valence-corrected chi connectivity index (χ2v) is 7.73. The van der Waals surface area contributed by atoms with Crippen LogP contribution in [0.15, 0.2) is 66.7 Å². The number of rotatable bonds is 10. The van der Waals surface area contributed by atoms with Crippen LogP contribution >= 0.6 is 0 Å². The molecule has 0 aromatic heterocycles. The van der Waals surface area contributed by atoms with Crippen LogP contribution in [-0.2, 0) is 14.3 Å². The van der Waals surface area contributed by atoms with Gasteiger partial charge in [0.15, 0.2) is 13.2 Å². The minimum atomic E-state index is -0.653. The Balaban J connectivity index is 1.42. The molecule has 3 aromatic carbocycles. The molecule has 0 saturated heterocycles. The van der Waals surface area contributed by atoms with Crippen molar-refractivity contribution in [1.29, 1.82) is 0 Å². The van der Waals surface area contributed by atoms with E-state index in [-0.39, 0.29) is 12.5 Å². The zero-order valence-electron chi connectivity index (χ0n) is 19.9. The first kappa shape index (κ1) is 25.3. The van der Waals surface area contributed by atoms with Crippen molar-refractivity contribution in [2.75, 3.05) is 30.5 Å². The predicted molar refractivity (Wildman–Crippen MR) is 133 cm³/mol. The lowest BCUT2D eigenvalue weighted by Crippen LogP contribution is -2.23. The average Bonchev–Trinajstić information content (AvgIpc) is 2.85. The molecule has 0 aliphatic heterocycles. The molecular weight excluding hydrogens is 448 g/mol. The van der Waals surface area contributed by atoms with Crippen molar-refractivity contribution in [3.05, 3.63) is 83.4 Å². The zero-order valence-corrected chi connectivity index (χ0v) is 19.9. The Labute approximate surface area is 204 Å². The molecule has 0 heterocycles. The van der Waals surface area contributed by atoms with E-state index >= 15 is 0 Å². The molecule has 182 valence electrons. The second-order valence-electron chi connectivity index (χ2n) is 7.73. The summed E-state index contributed by atoms with van der Waals surface area (Å²) in [5.41, 5.74) is 3.70. The molecule has 0 radical (unpaired) electrons. The fourth-order valence-corrected chi connectivity index (χ4v) is 3.04. The minimum Gasteiger partial charge on any atom is -0.494 e. The highest BCUT2D eigenvalue weighted by Gasteiger charge is 2.11. The Bertz CT molecular complexity index is 1170. The molecule has 35 heavy (non-hydrogen) atoms. The van der Waals surface area contributed by atoms with Crippen molar-refractivity contribution in [3.8, 4) is 11.5 Å². The van der Waals surface area contributed by atoms with Crippen molar-refractivity contribution in [3.63, 3.8) is 0 Å². The summed E-state index contributed by atoms with van der Waals surface area (Å²) in [4.78, 5) is 36.4. The van der Waals surface area contributed by atoms with Gasteiger partial charge < -0.3 is 24.8 Å². The van der Waals surface area contributed by atoms with Crippen LogP contribution in [0.25, 0.3) is 0 Å². The maximum Gasteiger partial charge on any atom is 0.344 e. The number of carbonyl (C=O) groups excluding carboxylic acids is 3. The van der Waals surface area contributed by atoms with Gasteiger partial charge in [0.1, 0.15) is 11.5 Å². The van der Waals surface area contributed by atoms with Crippen LogP contribution in [0.1, 0.15) is 28.4 Å². The lowest BCUT2D eigenvalue weighted by atomic mass is 10.1. The minimum absolute atomic E-state index is 0.287. The zero-order chi connectivity index (χ0) is 25.2. The average molecular weight is 477 g/mol. The highest BCUT2D eigenvalue weighted by atomic mass is 16.6. The first-order chi connectivity index (χ1) is 16.8. The second kappa shape index (κ2) is 12.2. The maximum absolute atomic E-state index is 12.4. The number of aryl methyl sites for hydroxylation is 2. The molecule has 0 fully saturated rings. The summed E-state index contributed by atoms with van der Waals surface area (Å²) in [5, 5.41) is 5.42. The van der Waals surface area contributed by atoms with Gasteiger partial charge in [-0.15, -0.1) is 0 Å². The fraction of sp³-hybridized carbons (Fsp3) is 0.222. The number of carbonyl (C=O) groups is 3. The third-order valence-corrected chi connectivity index (χ3v) is 5.05. The van der Waals surface area contributed by atoms with E-state index in [2.05, 4.69) is 10.6 Å². The van der Waals surface area contributed by atoms with E-state index in [9.17, 15) is 14.4 Å².